The summed E-state index contributed by atoms with van der Waals surface area (Å²) >= 11 is 0. The number of nitrogens with zero attached hydrogens (tertiary/aromatic N) is 1. The summed E-state index contributed by atoms with van der Waals surface area (Å²) < 4.78 is 5.64. The highest BCUT2D eigenvalue weighted by Gasteiger charge is 2.30. The summed E-state index contributed by atoms with van der Waals surface area (Å²) in [6, 6.07) is 6.92. The Morgan fingerprint density at radius 2 is 2.11 bits per heavy atom. The van der Waals surface area contributed by atoms with Gasteiger partial charge in [-0.15, -0.1) is 0 Å². The number of carbonyl (C=O) groups excluding carboxylic acids is 1. The number of hydrogen-bond acceptors (Lipinski definition) is 3. The maximum Gasteiger partial charge on any atom is 0.223 e. The van der Waals surface area contributed by atoms with E-state index in [4.69, 9.17) is 4.74 Å². The van der Waals surface area contributed by atoms with Gasteiger partial charge in [0.2, 0.25) is 5.91 Å². The van der Waals surface area contributed by atoms with Crippen molar-refractivity contribution in [2.45, 2.75) is 70.9 Å². The van der Waals surface area contributed by atoms with Gasteiger partial charge in [-0.1, -0.05) is 31.9 Å². The number of benzene rings is 1. The normalized spacial score (nSPS) is 23.7. The molecule has 0 aromatic heterocycles. The smallest absolute Gasteiger partial charge is 0.223 e. The molecule has 1 amide bonds. The van der Waals surface area contributed by atoms with Crippen molar-refractivity contribution in [2.24, 2.45) is 11.8 Å². The summed E-state index contributed by atoms with van der Waals surface area (Å²) in [6.45, 7) is 6.02. The van der Waals surface area contributed by atoms with Gasteiger partial charge in [0.1, 0.15) is 5.75 Å². The minimum Gasteiger partial charge on any atom is -0.493 e. The molecule has 1 aromatic carbocycles. The largest absolute Gasteiger partial charge is 0.493 e. The Labute approximate surface area is 163 Å². The lowest BCUT2D eigenvalue weighted by Gasteiger charge is -2.33. The van der Waals surface area contributed by atoms with Gasteiger partial charge < -0.3 is 15.0 Å². The minimum atomic E-state index is 0.358. The van der Waals surface area contributed by atoms with Crippen LogP contribution in [0.5, 0.6) is 5.75 Å². The number of fused-ring (bicyclic) bond motifs is 1. The first-order chi connectivity index (χ1) is 13.2. The lowest BCUT2D eigenvalue weighted by molar-refractivity contribution is -0.135. The number of nitrogens with one attached hydrogen (secondary N) is 1. The molecule has 1 aliphatic carbocycles. The fraction of sp³-hybridized carbons (Fsp3) is 0.696. The highest BCUT2D eigenvalue weighted by atomic mass is 16.5. The Hall–Kier alpha value is -1.55. The first kappa shape index (κ1) is 18.8. The molecule has 2 fully saturated rings. The van der Waals surface area contributed by atoms with Gasteiger partial charge in [-0.05, 0) is 67.8 Å². The molecule has 0 bridgehead atoms. The van der Waals surface area contributed by atoms with Crippen LogP contribution < -0.4 is 10.1 Å². The third kappa shape index (κ3) is 4.48. The molecular weight excluding hydrogens is 336 g/mol. The monoisotopic (exact) mass is 370 g/mol. The second-order valence-electron chi connectivity index (χ2n) is 8.79. The van der Waals surface area contributed by atoms with E-state index >= 15 is 0 Å². The van der Waals surface area contributed by atoms with Crippen LogP contribution in [0.3, 0.4) is 0 Å². The van der Waals surface area contributed by atoms with Gasteiger partial charge in [-0.25, -0.2) is 0 Å². The number of rotatable bonds is 6. The van der Waals surface area contributed by atoms with Crippen LogP contribution in [0.1, 0.15) is 63.0 Å². The first-order valence-corrected chi connectivity index (χ1v) is 11.0. The van der Waals surface area contributed by atoms with Gasteiger partial charge in [0.05, 0.1) is 6.61 Å². The second kappa shape index (κ2) is 8.64. The van der Waals surface area contributed by atoms with E-state index in [2.05, 4.69) is 35.3 Å². The molecular formula is C23H34N2O2. The van der Waals surface area contributed by atoms with Crippen molar-refractivity contribution in [1.29, 1.82) is 0 Å². The van der Waals surface area contributed by atoms with Crippen molar-refractivity contribution in [3.63, 3.8) is 0 Å². The predicted molar refractivity (Wildman–Crippen MR) is 108 cm³/mol. The lowest BCUT2D eigenvalue weighted by Crippen LogP contribution is -2.41. The maximum absolute atomic E-state index is 13.3. The molecule has 2 heterocycles. The van der Waals surface area contributed by atoms with Crippen molar-refractivity contribution in [2.75, 3.05) is 19.7 Å². The molecule has 1 saturated carbocycles. The highest BCUT2D eigenvalue weighted by molar-refractivity contribution is 5.77. The number of hydrogen-bond donors (Lipinski definition) is 1. The van der Waals surface area contributed by atoms with Gasteiger partial charge in [0, 0.05) is 25.4 Å². The Morgan fingerprint density at radius 3 is 2.89 bits per heavy atom. The predicted octanol–water partition coefficient (Wildman–Crippen LogP) is 3.92. The van der Waals surface area contributed by atoms with Crippen molar-refractivity contribution in [3.8, 4) is 5.75 Å². The van der Waals surface area contributed by atoms with E-state index in [0.717, 1.165) is 38.4 Å². The SMILES string of the molecule is CC(CC(=O)N(Cc1ccc2c(c1)CCO2)C1CCCC1)C1CCCNC1. The van der Waals surface area contributed by atoms with Crippen LogP contribution in [0.4, 0.5) is 0 Å². The van der Waals surface area contributed by atoms with E-state index in [0.29, 0.717) is 30.2 Å². The molecule has 3 aliphatic rings. The topological polar surface area (TPSA) is 41.6 Å². The Bertz CT molecular complexity index is 648. The lowest BCUT2D eigenvalue weighted by atomic mass is 9.85. The summed E-state index contributed by atoms with van der Waals surface area (Å²) in [5.41, 5.74) is 2.56. The van der Waals surface area contributed by atoms with Crippen molar-refractivity contribution < 1.29 is 9.53 Å². The first-order valence-electron chi connectivity index (χ1n) is 11.0. The second-order valence-corrected chi connectivity index (χ2v) is 8.79. The summed E-state index contributed by atoms with van der Waals surface area (Å²) in [5, 5.41) is 3.50. The average molecular weight is 371 g/mol. The standard InChI is InChI=1S/C23H34N2O2/c1-17(20-5-4-11-24-15-20)13-23(26)25(21-6-2-3-7-21)16-18-8-9-22-19(14-18)10-12-27-22/h8-9,14,17,20-21,24H,2-7,10-13,15-16H2,1H3. The van der Waals surface area contributed by atoms with Crippen LogP contribution in [0.2, 0.25) is 0 Å². The number of carbonyl (C=O) groups is 1. The van der Waals surface area contributed by atoms with E-state index < -0.39 is 0 Å². The Balaban J connectivity index is 1.44. The minimum absolute atomic E-state index is 0.358. The molecule has 27 heavy (non-hydrogen) atoms. The molecule has 1 N–H and O–H groups in total. The van der Waals surface area contributed by atoms with Crippen LogP contribution in [0, 0.1) is 11.8 Å². The van der Waals surface area contributed by atoms with E-state index in [1.807, 2.05) is 0 Å². The zero-order valence-corrected chi connectivity index (χ0v) is 16.7. The molecule has 0 spiro atoms. The van der Waals surface area contributed by atoms with Crippen LogP contribution in [-0.4, -0.2) is 36.5 Å². The summed E-state index contributed by atoms with van der Waals surface area (Å²) in [5.74, 6) is 2.49. The van der Waals surface area contributed by atoms with E-state index in [9.17, 15) is 4.79 Å². The third-order valence-corrected chi connectivity index (χ3v) is 6.83. The molecule has 1 aromatic rings. The molecule has 148 valence electrons. The zero-order valence-electron chi connectivity index (χ0n) is 16.7. The van der Waals surface area contributed by atoms with Crippen LogP contribution >= 0.6 is 0 Å². The molecule has 1 saturated heterocycles. The van der Waals surface area contributed by atoms with E-state index in [1.54, 1.807) is 0 Å². The maximum atomic E-state index is 13.3. The molecule has 4 rings (SSSR count). The number of piperidine rings is 1. The van der Waals surface area contributed by atoms with Gasteiger partial charge in [0.25, 0.3) is 0 Å². The highest BCUT2D eigenvalue weighted by Crippen LogP contribution is 2.31. The van der Waals surface area contributed by atoms with Crippen molar-refractivity contribution in [3.05, 3.63) is 29.3 Å². The van der Waals surface area contributed by atoms with Crippen molar-refractivity contribution >= 4 is 5.91 Å². The van der Waals surface area contributed by atoms with Crippen LogP contribution in [0.25, 0.3) is 0 Å². The summed E-state index contributed by atoms with van der Waals surface area (Å²) in [6.07, 6.45) is 9.03. The summed E-state index contributed by atoms with van der Waals surface area (Å²) in [7, 11) is 0. The van der Waals surface area contributed by atoms with Gasteiger partial charge in [-0.3, -0.25) is 4.79 Å². The van der Waals surface area contributed by atoms with Crippen LogP contribution in [-0.2, 0) is 17.8 Å². The number of ether oxygens (including phenoxy) is 1. The number of amides is 1. The van der Waals surface area contributed by atoms with Crippen LogP contribution in [0.15, 0.2) is 18.2 Å². The fourth-order valence-corrected chi connectivity index (χ4v) is 5.10. The van der Waals surface area contributed by atoms with Gasteiger partial charge >= 0.3 is 0 Å². The molecule has 4 heteroatoms. The zero-order chi connectivity index (χ0) is 18.6. The third-order valence-electron chi connectivity index (χ3n) is 6.83. The average Bonchev–Trinajstić information content (AvgIpc) is 3.38. The quantitative estimate of drug-likeness (QED) is 0.825. The molecule has 0 radical (unpaired) electrons. The van der Waals surface area contributed by atoms with Gasteiger partial charge in [-0.2, -0.15) is 0 Å². The molecule has 2 unspecified atom stereocenters. The van der Waals surface area contributed by atoms with E-state index in [1.165, 1.54) is 49.7 Å². The van der Waals surface area contributed by atoms with E-state index in [-0.39, 0.29) is 0 Å². The molecule has 2 atom stereocenters. The Morgan fingerprint density at radius 1 is 1.26 bits per heavy atom. The van der Waals surface area contributed by atoms with Crippen molar-refractivity contribution in [1.82, 2.24) is 10.2 Å². The van der Waals surface area contributed by atoms with Gasteiger partial charge in [0.15, 0.2) is 0 Å². The summed E-state index contributed by atoms with van der Waals surface area (Å²) in [4.78, 5) is 15.5. The molecule has 2 aliphatic heterocycles. The fourth-order valence-electron chi connectivity index (χ4n) is 5.10. The molecule has 4 nitrogen and oxygen atoms in total. The Kier molecular flexibility index (Phi) is 6.01.